The van der Waals surface area contributed by atoms with Gasteiger partial charge in [-0.25, -0.2) is 0 Å². The number of aliphatic hydroxyl groups excluding tert-OH is 1. The molecule has 2 aromatic rings. The summed E-state index contributed by atoms with van der Waals surface area (Å²) in [7, 11) is 0. The number of aliphatic hydroxyl groups is 3. The summed E-state index contributed by atoms with van der Waals surface area (Å²) in [4.78, 5) is 1.34. The van der Waals surface area contributed by atoms with Crippen molar-refractivity contribution in [2.75, 3.05) is 0 Å². The molecule has 0 aliphatic heterocycles. The monoisotopic (exact) mass is 400 g/mol. The van der Waals surface area contributed by atoms with Crippen LogP contribution in [0.4, 0.5) is 0 Å². The van der Waals surface area contributed by atoms with E-state index in [1.807, 2.05) is 38.1 Å². The molecule has 152 valence electrons. The predicted molar refractivity (Wildman–Crippen MR) is 118 cm³/mol. The second-order valence-electron chi connectivity index (χ2n) is 7.13. The van der Waals surface area contributed by atoms with Crippen LogP contribution in [0.3, 0.4) is 0 Å². The molecule has 0 fully saturated rings. The number of rotatable bonds is 10. The predicted octanol–water partition coefficient (Wildman–Crippen LogP) is 5.42. The molecule has 3 N–H and O–H groups in total. The zero-order valence-electron chi connectivity index (χ0n) is 17.1. The largest absolute Gasteiger partial charge is 0.386 e. The first-order chi connectivity index (χ1) is 13.4. The van der Waals surface area contributed by atoms with E-state index in [-0.39, 0.29) is 0 Å². The summed E-state index contributed by atoms with van der Waals surface area (Å²) in [5, 5.41) is 30.9. The second kappa shape index (κ2) is 10.7. The van der Waals surface area contributed by atoms with Crippen LogP contribution in [0.5, 0.6) is 0 Å². The molecule has 0 amide bonds. The van der Waals surface area contributed by atoms with E-state index < -0.39 is 11.9 Å². The topological polar surface area (TPSA) is 60.7 Å². The number of benzene rings is 1. The first-order valence-corrected chi connectivity index (χ1v) is 10.9. The average molecular weight is 401 g/mol. The molecule has 4 heteroatoms. The third kappa shape index (κ3) is 6.42. The van der Waals surface area contributed by atoms with Gasteiger partial charge >= 0.3 is 0 Å². The Balaban J connectivity index is 2.01. The number of thiophene rings is 1. The first kappa shape index (κ1) is 22.6. The van der Waals surface area contributed by atoms with Gasteiger partial charge in [-0.15, -0.1) is 11.3 Å². The van der Waals surface area contributed by atoms with Crippen molar-refractivity contribution in [3.63, 3.8) is 0 Å². The molecule has 0 aliphatic carbocycles. The van der Waals surface area contributed by atoms with E-state index in [1.165, 1.54) is 21.6 Å². The fourth-order valence-corrected chi connectivity index (χ4v) is 3.96. The van der Waals surface area contributed by atoms with Crippen LogP contribution in [0.25, 0.3) is 5.57 Å². The van der Waals surface area contributed by atoms with Crippen LogP contribution >= 0.6 is 11.3 Å². The molecule has 0 saturated heterocycles. The maximum absolute atomic E-state index is 10.4. The van der Waals surface area contributed by atoms with E-state index in [2.05, 4.69) is 24.4 Å². The zero-order valence-corrected chi connectivity index (χ0v) is 17.9. The van der Waals surface area contributed by atoms with Crippen LogP contribution < -0.4 is 0 Å². The molecule has 2 rings (SSSR count). The van der Waals surface area contributed by atoms with Crippen LogP contribution in [-0.2, 0) is 12.8 Å². The second-order valence-corrected chi connectivity index (χ2v) is 8.13. The van der Waals surface area contributed by atoms with Gasteiger partial charge in [0.25, 0.3) is 0 Å². The van der Waals surface area contributed by atoms with Gasteiger partial charge in [0.05, 0.1) is 5.60 Å². The third-order valence-corrected chi connectivity index (χ3v) is 6.27. The molecule has 0 radical (unpaired) electrons. The zero-order chi connectivity index (χ0) is 20.6. The third-order valence-electron chi connectivity index (χ3n) is 5.27. The Hall–Kier alpha value is -1.72. The normalized spacial score (nSPS) is 13.0. The highest BCUT2D eigenvalue weighted by molar-refractivity contribution is 7.10. The lowest BCUT2D eigenvalue weighted by Gasteiger charge is -2.19. The van der Waals surface area contributed by atoms with Crippen molar-refractivity contribution in [1.29, 1.82) is 0 Å². The SMILES string of the molecule is CCC(=CC=CC(O)(CC)CC)c1csc(CCc2ccc(C(O)O)cc2)c1. The minimum atomic E-state index is -1.41. The van der Waals surface area contributed by atoms with E-state index >= 15 is 0 Å². The maximum atomic E-state index is 10.4. The summed E-state index contributed by atoms with van der Waals surface area (Å²) in [6, 6.07) is 9.68. The summed E-state index contributed by atoms with van der Waals surface area (Å²) in [5.74, 6) is 0. The van der Waals surface area contributed by atoms with Crippen molar-refractivity contribution in [1.82, 2.24) is 0 Å². The number of hydrogen-bond donors (Lipinski definition) is 3. The van der Waals surface area contributed by atoms with Crippen molar-refractivity contribution < 1.29 is 15.3 Å². The maximum Gasteiger partial charge on any atom is 0.178 e. The fraction of sp³-hybridized carbons (Fsp3) is 0.417. The minimum Gasteiger partial charge on any atom is -0.386 e. The lowest BCUT2D eigenvalue weighted by Crippen LogP contribution is -2.22. The highest BCUT2D eigenvalue weighted by atomic mass is 32.1. The van der Waals surface area contributed by atoms with Crippen LogP contribution in [-0.4, -0.2) is 20.9 Å². The van der Waals surface area contributed by atoms with Gasteiger partial charge in [0.1, 0.15) is 0 Å². The molecule has 0 aliphatic rings. The molecule has 1 aromatic carbocycles. The number of hydrogen-bond acceptors (Lipinski definition) is 4. The van der Waals surface area contributed by atoms with Gasteiger partial charge < -0.3 is 15.3 Å². The van der Waals surface area contributed by atoms with Crippen LogP contribution in [0.1, 0.15) is 67.9 Å². The van der Waals surface area contributed by atoms with E-state index in [1.54, 1.807) is 23.5 Å². The highest BCUT2D eigenvalue weighted by Crippen LogP contribution is 2.26. The van der Waals surface area contributed by atoms with Gasteiger partial charge in [-0.3, -0.25) is 0 Å². The van der Waals surface area contributed by atoms with Crippen LogP contribution in [0.15, 0.2) is 53.9 Å². The van der Waals surface area contributed by atoms with Gasteiger partial charge in [-0.2, -0.15) is 0 Å². The molecule has 3 nitrogen and oxygen atoms in total. The van der Waals surface area contributed by atoms with Gasteiger partial charge in [0.15, 0.2) is 6.29 Å². The standard InChI is InChI=1S/C24H32O3S/c1-4-19(8-7-15-24(27,5-2)6-3)21-16-22(28-17-21)14-11-18-9-12-20(13-10-18)23(25)26/h7-10,12-13,15-17,23,25-27H,4-6,11,14H2,1-3H3. The van der Waals surface area contributed by atoms with Crippen molar-refractivity contribution in [3.05, 3.63) is 75.5 Å². The lowest BCUT2D eigenvalue weighted by atomic mass is 9.96. The highest BCUT2D eigenvalue weighted by Gasteiger charge is 2.16. The molecule has 28 heavy (non-hydrogen) atoms. The summed E-state index contributed by atoms with van der Waals surface area (Å²) in [6.07, 6.45) is 8.86. The molecule has 0 atom stereocenters. The summed E-state index contributed by atoms with van der Waals surface area (Å²) < 4.78 is 0. The molecule has 1 aromatic heterocycles. The molecular formula is C24H32O3S. The van der Waals surface area contributed by atoms with Crippen molar-refractivity contribution in [3.8, 4) is 0 Å². The molecule has 0 bridgehead atoms. The lowest BCUT2D eigenvalue weighted by molar-refractivity contribution is -0.0424. The van der Waals surface area contributed by atoms with E-state index in [0.29, 0.717) is 5.56 Å². The molecular weight excluding hydrogens is 368 g/mol. The molecule has 1 heterocycles. The van der Waals surface area contributed by atoms with Crippen molar-refractivity contribution in [2.45, 2.75) is 64.8 Å². The number of allylic oxidation sites excluding steroid dienone is 3. The summed E-state index contributed by atoms with van der Waals surface area (Å²) in [5.41, 5.74) is 3.52. The fourth-order valence-electron chi connectivity index (χ4n) is 3.05. The van der Waals surface area contributed by atoms with Crippen molar-refractivity contribution in [2.24, 2.45) is 0 Å². The van der Waals surface area contributed by atoms with E-state index in [9.17, 15) is 5.11 Å². The van der Waals surface area contributed by atoms with Gasteiger partial charge in [-0.05, 0) is 60.3 Å². The Morgan fingerprint density at radius 2 is 1.75 bits per heavy atom. The molecule has 0 spiro atoms. The van der Waals surface area contributed by atoms with Crippen LogP contribution in [0, 0.1) is 0 Å². The van der Waals surface area contributed by atoms with E-state index in [0.717, 1.165) is 32.1 Å². The Morgan fingerprint density at radius 3 is 2.32 bits per heavy atom. The van der Waals surface area contributed by atoms with Gasteiger partial charge in [0, 0.05) is 10.4 Å². The van der Waals surface area contributed by atoms with Crippen LogP contribution in [0.2, 0.25) is 0 Å². The Kier molecular flexibility index (Phi) is 8.64. The first-order valence-electron chi connectivity index (χ1n) is 10.0. The smallest absolute Gasteiger partial charge is 0.178 e. The Bertz CT molecular complexity index is 780. The molecule has 0 unspecified atom stereocenters. The average Bonchev–Trinajstić information content (AvgIpc) is 3.18. The van der Waals surface area contributed by atoms with E-state index in [4.69, 9.17) is 10.2 Å². The number of aryl methyl sites for hydroxylation is 2. The van der Waals surface area contributed by atoms with Gasteiger partial charge in [0.2, 0.25) is 0 Å². The Labute approximate surface area is 172 Å². The Morgan fingerprint density at radius 1 is 1.07 bits per heavy atom. The summed E-state index contributed by atoms with van der Waals surface area (Å²) in [6.45, 7) is 6.16. The van der Waals surface area contributed by atoms with Crippen molar-refractivity contribution >= 4 is 16.9 Å². The summed E-state index contributed by atoms with van der Waals surface area (Å²) >= 11 is 1.77. The quantitative estimate of drug-likeness (QED) is 0.369. The van der Waals surface area contributed by atoms with Gasteiger partial charge in [-0.1, -0.05) is 63.3 Å². The molecule has 0 saturated carbocycles. The minimum absolute atomic E-state index is 0.519.